The van der Waals surface area contributed by atoms with Crippen LogP contribution in [0.3, 0.4) is 0 Å². The lowest BCUT2D eigenvalue weighted by molar-refractivity contribution is 0.555. The second-order valence-electron chi connectivity index (χ2n) is 6.67. The van der Waals surface area contributed by atoms with Gasteiger partial charge in [0.25, 0.3) is 0 Å². The summed E-state index contributed by atoms with van der Waals surface area (Å²) in [7, 11) is -3.37. The highest BCUT2D eigenvalue weighted by Gasteiger charge is 2.47. The summed E-state index contributed by atoms with van der Waals surface area (Å²) >= 11 is 0. The van der Waals surface area contributed by atoms with Crippen LogP contribution < -0.4 is 10.0 Å². The second-order valence-corrected chi connectivity index (χ2v) is 8.38. The standard InChI is InChI=1S/C15H22N2O2S/c1-15(2)9-14(15)17-20(18,19)13-7-3-11(4-8-13)10-16-12-5-6-12/h3-4,7-8,12,14,16-17H,5-6,9-10H2,1-2H3. The maximum absolute atomic E-state index is 12.2. The molecule has 2 aliphatic rings. The average molecular weight is 294 g/mol. The van der Waals surface area contributed by atoms with E-state index in [1.165, 1.54) is 12.8 Å². The number of sulfonamides is 1. The van der Waals surface area contributed by atoms with Gasteiger partial charge in [0.1, 0.15) is 0 Å². The second kappa shape index (κ2) is 4.83. The van der Waals surface area contributed by atoms with Crippen molar-refractivity contribution in [3.63, 3.8) is 0 Å². The minimum atomic E-state index is -3.37. The average Bonchev–Trinajstić information content (AvgIpc) is 3.27. The molecule has 1 unspecified atom stereocenters. The van der Waals surface area contributed by atoms with Crippen LogP contribution in [-0.4, -0.2) is 20.5 Å². The zero-order valence-corrected chi connectivity index (χ0v) is 12.8. The molecule has 0 radical (unpaired) electrons. The van der Waals surface area contributed by atoms with Gasteiger partial charge >= 0.3 is 0 Å². The van der Waals surface area contributed by atoms with Crippen molar-refractivity contribution in [1.82, 2.24) is 10.0 Å². The molecule has 0 bridgehead atoms. The van der Waals surface area contributed by atoms with Crippen LogP contribution in [0, 0.1) is 5.41 Å². The maximum Gasteiger partial charge on any atom is 0.240 e. The van der Waals surface area contributed by atoms with Crippen molar-refractivity contribution in [1.29, 1.82) is 0 Å². The Morgan fingerprint density at radius 2 is 1.80 bits per heavy atom. The summed E-state index contributed by atoms with van der Waals surface area (Å²) in [4.78, 5) is 0.357. The first-order valence-corrected chi connectivity index (χ1v) is 8.70. The summed E-state index contributed by atoms with van der Waals surface area (Å²) in [6, 6.07) is 7.91. The van der Waals surface area contributed by atoms with Crippen molar-refractivity contribution in [3.8, 4) is 0 Å². The summed E-state index contributed by atoms with van der Waals surface area (Å²) < 4.78 is 27.2. The largest absolute Gasteiger partial charge is 0.310 e. The van der Waals surface area contributed by atoms with E-state index in [9.17, 15) is 8.42 Å². The van der Waals surface area contributed by atoms with Gasteiger partial charge in [0, 0.05) is 18.6 Å². The summed E-state index contributed by atoms with van der Waals surface area (Å²) in [6.07, 6.45) is 3.43. The van der Waals surface area contributed by atoms with E-state index in [0.717, 1.165) is 18.5 Å². The van der Waals surface area contributed by atoms with E-state index in [1.54, 1.807) is 12.1 Å². The van der Waals surface area contributed by atoms with Crippen molar-refractivity contribution in [2.75, 3.05) is 0 Å². The van der Waals surface area contributed by atoms with Crippen LogP contribution in [0.2, 0.25) is 0 Å². The van der Waals surface area contributed by atoms with E-state index in [4.69, 9.17) is 0 Å². The maximum atomic E-state index is 12.2. The zero-order chi connectivity index (χ0) is 14.4. The molecule has 3 rings (SSSR count). The van der Waals surface area contributed by atoms with Crippen molar-refractivity contribution >= 4 is 10.0 Å². The Hall–Kier alpha value is -0.910. The molecule has 0 saturated heterocycles. The molecular weight excluding hydrogens is 272 g/mol. The Morgan fingerprint density at radius 1 is 1.20 bits per heavy atom. The lowest BCUT2D eigenvalue weighted by Crippen LogP contribution is -2.28. The molecule has 0 amide bonds. The van der Waals surface area contributed by atoms with E-state index in [0.29, 0.717) is 10.9 Å². The first-order chi connectivity index (χ1) is 9.37. The number of hydrogen-bond acceptors (Lipinski definition) is 3. The first-order valence-electron chi connectivity index (χ1n) is 7.21. The third-order valence-corrected chi connectivity index (χ3v) is 5.70. The molecule has 1 aromatic rings. The Kier molecular flexibility index (Phi) is 3.39. The van der Waals surface area contributed by atoms with Gasteiger partial charge in [-0.15, -0.1) is 0 Å². The van der Waals surface area contributed by atoms with Gasteiger partial charge in [0.15, 0.2) is 0 Å². The molecule has 2 aliphatic carbocycles. The summed E-state index contributed by atoms with van der Waals surface area (Å²) in [5, 5.41) is 3.42. The quantitative estimate of drug-likeness (QED) is 0.844. The molecule has 0 aromatic heterocycles. The molecule has 5 heteroatoms. The van der Waals surface area contributed by atoms with Crippen molar-refractivity contribution in [3.05, 3.63) is 29.8 Å². The minimum absolute atomic E-state index is 0.0729. The highest BCUT2D eigenvalue weighted by Crippen LogP contribution is 2.45. The van der Waals surface area contributed by atoms with Crippen LogP contribution in [-0.2, 0) is 16.6 Å². The highest BCUT2D eigenvalue weighted by atomic mass is 32.2. The molecule has 0 aliphatic heterocycles. The predicted molar refractivity (Wildman–Crippen MR) is 78.8 cm³/mol. The molecule has 4 nitrogen and oxygen atoms in total. The van der Waals surface area contributed by atoms with E-state index >= 15 is 0 Å². The van der Waals surface area contributed by atoms with Crippen LogP contribution >= 0.6 is 0 Å². The summed E-state index contributed by atoms with van der Waals surface area (Å²) in [5.74, 6) is 0. The van der Waals surface area contributed by atoms with Crippen LogP contribution in [0.15, 0.2) is 29.2 Å². The summed E-state index contributed by atoms with van der Waals surface area (Å²) in [5.41, 5.74) is 1.23. The Labute approximate surface area is 121 Å². The normalized spacial score (nSPS) is 24.6. The topological polar surface area (TPSA) is 58.2 Å². The van der Waals surface area contributed by atoms with Crippen LogP contribution in [0.4, 0.5) is 0 Å². The van der Waals surface area contributed by atoms with E-state index in [1.807, 2.05) is 12.1 Å². The Bertz CT molecular complexity index is 589. The molecule has 2 saturated carbocycles. The fourth-order valence-corrected chi connectivity index (χ4v) is 3.67. The van der Waals surface area contributed by atoms with E-state index in [-0.39, 0.29) is 11.5 Å². The number of hydrogen-bond donors (Lipinski definition) is 2. The molecule has 20 heavy (non-hydrogen) atoms. The number of rotatable bonds is 6. The molecule has 0 spiro atoms. The van der Waals surface area contributed by atoms with Crippen LogP contribution in [0.5, 0.6) is 0 Å². The Morgan fingerprint density at radius 3 is 2.30 bits per heavy atom. The third-order valence-electron chi connectivity index (χ3n) is 4.22. The van der Waals surface area contributed by atoms with Gasteiger partial charge in [0.2, 0.25) is 10.0 Å². The number of benzene rings is 1. The smallest absolute Gasteiger partial charge is 0.240 e. The number of nitrogens with one attached hydrogen (secondary N) is 2. The predicted octanol–water partition coefficient (Wildman–Crippen LogP) is 2.02. The highest BCUT2D eigenvalue weighted by molar-refractivity contribution is 7.89. The lowest BCUT2D eigenvalue weighted by atomic mass is 10.2. The Balaban J connectivity index is 1.63. The molecule has 110 valence electrons. The van der Waals surface area contributed by atoms with Crippen LogP contribution in [0.1, 0.15) is 38.7 Å². The zero-order valence-electron chi connectivity index (χ0n) is 12.0. The van der Waals surface area contributed by atoms with Gasteiger partial charge in [-0.2, -0.15) is 0 Å². The van der Waals surface area contributed by atoms with E-state index < -0.39 is 10.0 Å². The van der Waals surface area contributed by atoms with Gasteiger partial charge < -0.3 is 5.32 Å². The van der Waals surface area contributed by atoms with Crippen molar-refractivity contribution in [2.24, 2.45) is 5.41 Å². The SMILES string of the molecule is CC1(C)CC1NS(=O)(=O)c1ccc(CNC2CC2)cc1. The molecule has 1 aromatic carbocycles. The van der Waals surface area contributed by atoms with Gasteiger partial charge in [-0.05, 0) is 42.4 Å². The minimum Gasteiger partial charge on any atom is -0.310 e. The molecular formula is C15H22N2O2S. The summed E-state index contributed by atoms with van der Waals surface area (Å²) in [6.45, 7) is 4.97. The monoisotopic (exact) mass is 294 g/mol. The van der Waals surface area contributed by atoms with Crippen molar-refractivity contribution in [2.45, 2.75) is 56.6 Å². The third kappa shape index (κ3) is 3.22. The van der Waals surface area contributed by atoms with Gasteiger partial charge in [-0.1, -0.05) is 26.0 Å². The van der Waals surface area contributed by atoms with Gasteiger partial charge in [-0.25, -0.2) is 13.1 Å². The van der Waals surface area contributed by atoms with E-state index in [2.05, 4.69) is 23.9 Å². The lowest BCUT2D eigenvalue weighted by Gasteiger charge is -2.09. The molecule has 2 N–H and O–H groups in total. The first kappa shape index (κ1) is 14.0. The fourth-order valence-electron chi connectivity index (χ4n) is 2.26. The molecule has 0 heterocycles. The molecule has 2 fully saturated rings. The van der Waals surface area contributed by atoms with Crippen LogP contribution in [0.25, 0.3) is 0 Å². The van der Waals surface area contributed by atoms with Gasteiger partial charge in [-0.3, -0.25) is 0 Å². The molecule has 1 atom stereocenters. The fraction of sp³-hybridized carbons (Fsp3) is 0.600. The van der Waals surface area contributed by atoms with Crippen molar-refractivity contribution < 1.29 is 8.42 Å². The van der Waals surface area contributed by atoms with Gasteiger partial charge in [0.05, 0.1) is 4.90 Å².